The summed E-state index contributed by atoms with van der Waals surface area (Å²) in [6, 6.07) is 8.94. The second-order valence-corrected chi connectivity index (χ2v) is 6.50. The normalized spacial score (nSPS) is 17.4. The van der Waals surface area contributed by atoms with E-state index in [0.717, 1.165) is 25.2 Å². The average molecular weight is 352 g/mol. The number of para-hydroxylation sites is 1. The fourth-order valence-electron chi connectivity index (χ4n) is 3.43. The Morgan fingerprint density at radius 3 is 2.96 bits per heavy atom. The molecule has 1 atom stereocenters. The van der Waals surface area contributed by atoms with Gasteiger partial charge in [0, 0.05) is 32.2 Å². The number of nitrogens with one attached hydrogen (secondary N) is 2. The van der Waals surface area contributed by atoms with E-state index in [1.807, 2.05) is 17.8 Å². The number of nitrogens with zero attached hydrogens (tertiary/aromatic N) is 4. The zero-order valence-corrected chi connectivity index (χ0v) is 14.5. The van der Waals surface area contributed by atoms with Crippen LogP contribution in [0, 0.1) is 0 Å². The van der Waals surface area contributed by atoms with Crippen LogP contribution >= 0.6 is 0 Å². The lowest BCUT2D eigenvalue weighted by atomic mass is 10.1. The maximum absolute atomic E-state index is 12.6. The van der Waals surface area contributed by atoms with Gasteiger partial charge in [-0.3, -0.25) is 14.3 Å². The molecule has 134 valence electrons. The zero-order chi connectivity index (χ0) is 18.1. The number of carbonyl (C=O) groups is 1. The highest BCUT2D eigenvalue weighted by Gasteiger charge is 2.24. The Balaban J connectivity index is 1.51. The summed E-state index contributed by atoms with van der Waals surface area (Å²) in [5, 5.41) is 7.67. The first kappa shape index (κ1) is 16.3. The van der Waals surface area contributed by atoms with E-state index in [9.17, 15) is 9.59 Å². The molecule has 0 bridgehead atoms. The van der Waals surface area contributed by atoms with Crippen LogP contribution in [-0.4, -0.2) is 44.8 Å². The fraction of sp³-hybridized carbons (Fsp3) is 0.333. The molecule has 1 unspecified atom stereocenters. The van der Waals surface area contributed by atoms with Crippen molar-refractivity contribution in [3.63, 3.8) is 0 Å². The molecule has 1 aromatic carbocycles. The lowest BCUT2D eigenvalue weighted by molar-refractivity contribution is 0.0922. The van der Waals surface area contributed by atoms with Crippen LogP contribution in [-0.2, 0) is 7.05 Å². The number of carbonyl (C=O) groups excluding carboxylic acids is 1. The molecule has 2 N–H and O–H groups in total. The summed E-state index contributed by atoms with van der Waals surface area (Å²) in [4.78, 5) is 33.8. The van der Waals surface area contributed by atoms with Crippen molar-refractivity contribution in [3.05, 3.63) is 52.7 Å². The van der Waals surface area contributed by atoms with Gasteiger partial charge >= 0.3 is 0 Å². The van der Waals surface area contributed by atoms with E-state index in [0.29, 0.717) is 17.4 Å². The molecule has 8 nitrogen and oxygen atoms in total. The third-order valence-electron chi connectivity index (χ3n) is 4.70. The predicted molar refractivity (Wildman–Crippen MR) is 98.3 cm³/mol. The Labute approximate surface area is 149 Å². The Morgan fingerprint density at radius 1 is 1.31 bits per heavy atom. The Kier molecular flexibility index (Phi) is 4.16. The van der Waals surface area contributed by atoms with Crippen LogP contribution in [0.2, 0.25) is 0 Å². The first-order valence-corrected chi connectivity index (χ1v) is 8.65. The molecule has 0 saturated carbocycles. The van der Waals surface area contributed by atoms with Crippen LogP contribution in [0.3, 0.4) is 0 Å². The van der Waals surface area contributed by atoms with Gasteiger partial charge in [-0.05, 0) is 25.0 Å². The molecular weight excluding hydrogens is 332 g/mol. The van der Waals surface area contributed by atoms with E-state index in [4.69, 9.17) is 0 Å². The molecule has 4 rings (SSSR count). The molecule has 26 heavy (non-hydrogen) atoms. The third kappa shape index (κ3) is 3.05. The van der Waals surface area contributed by atoms with Gasteiger partial charge in [-0.1, -0.05) is 12.1 Å². The van der Waals surface area contributed by atoms with Crippen molar-refractivity contribution >= 4 is 22.6 Å². The highest BCUT2D eigenvalue weighted by Crippen LogP contribution is 2.19. The van der Waals surface area contributed by atoms with Crippen LogP contribution in [0.4, 0.5) is 5.82 Å². The SMILES string of the molecule is Cn1nccc1N1CCCC(NC(=O)c2nc3ccccc3c(=O)[nH]2)C1. The molecule has 2 aromatic heterocycles. The molecule has 0 spiro atoms. The molecule has 1 fully saturated rings. The minimum atomic E-state index is -0.357. The van der Waals surface area contributed by atoms with Crippen molar-refractivity contribution in [1.82, 2.24) is 25.1 Å². The first-order valence-electron chi connectivity index (χ1n) is 8.65. The summed E-state index contributed by atoms with van der Waals surface area (Å²) in [5.74, 6) is 0.720. The van der Waals surface area contributed by atoms with E-state index in [-0.39, 0.29) is 23.3 Å². The second kappa shape index (κ2) is 6.62. The van der Waals surface area contributed by atoms with E-state index in [2.05, 4.69) is 25.3 Å². The number of fused-ring (bicyclic) bond motifs is 1. The van der Waals surface area contributed by atoms with Gasteiger partial charge in [0.2, 0.25) is 0 Å². The van der Waals surface area contributed by atoms with Crippen molar-refractivity contribution < 1.29 is 4.79 Å². The van der Waals surface area contributed by atoms with Crippen molar-refractivity contribution in [2.45, 2.75) is 18.9 Å². The number of benzene rings is 1. The van der Waals surface area contributed by atoms with Crippen molar-refractivity contribution in [2.75, 3.05) is 18.0 Å². The fourth-order valence-corrected chi connectivity index (χ4v) is 3.43. The van der Waals surface area contributed by atoms with Gasteiger partial charge in [0.25, 0.3) is 11.5 Å². The number of aryl methyl sites for hydroxylation is 1. The van der Waals surface area contributed by atoms with Crippen LogP contribution < -0.4 is 15.8 Å². The molecule has 0 radical (unpaired) electrons. The Morgan fingerprint density at radius 2 is 2.15 bits per heavy atom. The monoisotopic (exact) mass is 352 g/mol. The lowest BCUT2D eigenvalue weighted by Gasteiger charge is -2.34. The smallest absolute Gasteiger partial charge is 0.287 e. The molecule has 1 saturated heterocycles. The molecule has 1 amide bonds. The zero-order valence-electron chi connectivity index (χ0n) is 14.5. The summed E-state index contributed by atoms with van der Waals surface area (Å²) in [6.45, 7) is 1.63. The molecule has 0 aliphatic carbocycles. The van der Waals surface area contributed by atoms with Gasteiger partial charge in [0.15, 0.2) is 5.82 Å². The molecule has 8 heteroatoms. The number of aromatic nitrogens is 4. The number of anilines is 1. The van der Waals surface area contributed by atoms with Gasteiger partial charge in [-0.2, -0.15) is 5.10 Å². The summed E-state index contributed by atoms with van der Waals surface area (Å²) >= 11 is 0. The van der Waals surface area contributed by atoms with Crippen LogP contribution in [0.25, 0.3) is 10.9 Å². The second-order valence-electron chi connectivity index (χ2n) is 6.50. The number of hydrogen-bond donors (Lipinski definition) is 2. The van der Waals surface area contributed by atoms with Gasteiger partial charge < -0.3 is 15.2 Å². The van der Waals surface area contributed by atoms with E-state index >= 15 is 0 Å². The maximum atomic E-state index is 12.6. The van der Waals surface area contributed by atoms with Gasteiger partial charge in [-0.25, -0.2) is 4.98 Å². The minimum absolute atomic E-state index is 0.0112. The van der Waals surface area contributed by atoms with Crippen molar-refractivity contribution in [1.29, 1.82) is 0 Å². The molecule has 3 heterocycles. The van der Waals surface area contributed by atoms with E-state index in [1.165, 1.54) is 0 Å². The largest absolute Gasteiger partial charge is 0.355 e. The van der Waals surface area contributed by atoms with Crippen molar-refractivity contribution in [3.8, 4) is 0 Å². The predicted octanol–water partition coefficient (Wildman–Crippen LogP) is 1.06. The Hall–Kier alpha value is -3.16. The number of aromatic amines is 1. The topological polar surface area (TPSA) is 95.9 Å². The van der Waals surface area contributed by atoms with Crippen molar-refractivity contribution in [2.24, 2.45) is 7.05 Å². The van der Waals surface area contributed by atoms with Crippen LogP contribution in [0.15, 0.2) is 41.3 Å². The summed E-state index contributed by atoms with van der Waals surface area (Å²) in [6.07, 6.45) is 3.62. The molecule has 1 aliphatic rings. The van der Waals surface area contributed by atoms with Gasteiger partial charge in [0.05, 0.1) is 17.1 Å². The minimum Gasteiger partial charge on any atom is -0.355 e. The van der Waals surface area contributed by atoms with Crippen LogP contribution in [0.5, 0.6) is 0 Å². The maximum Gasteiger partial charge on any atom is 0.287 e. The number of amides is 1. The first-order chi connectivity index (χ1) is 12.6. The number of rotatable bonds is 3. The van der Waals surface area contributed by atoms with Crippen LogP contribution in [0.1, 0.15) is 23.5 Å². The van der Waals surface area contributed by atoms with E-state index < -0.39 is 0 Å². The van der Waals surface area contributed by atoms with Gasteiger partial charge in [-0.15, -0.1) is 0 Å². The third-order valence-corrected chi connectivity index (χ3v) is 4.70. The number of hydrogen-bond acceptors (Lipinski definition) is 5. The average Bonchev–Trinajstić information content (AvgIpc) is 3.08. The van der Waals surface area contributed by atoms with E-state index in [1.54, 1.807) is 30.5 Å². The highest BCUT2D eigenvalue weighted by molar-refractivity contribution is 5.92. The quantitative estimate of drug-likeness (QED) is 0.735. The molecule has 3 aromatic rings. The lowest BCUT2D eigenvalue weighted by Crippen LogP contribution is -2.48. The Bertz CT molecular complexity index is 1010. The molecular formula is C18H20N6O2. The molecule has 1 aliphatic heterocycles. The summed E-state index contributed by atoms with van der Waals surface area (Å²) in [7, 11) is 1.90. The number of H-pyrrole nitrogens is 1. The van der Waals surface area contributed by atoms with Gasteiger partial charge in [0.1, 0.15) is 5.82 Å². The number of piperidine rings is 1. The standard InChI is InChI=1S/C18H20N6O2/c1-23-15(8-9-19-23)24-10-4-5-12(11-24)20-18(26)16-21-14-7-3-2-6-13(14)17(25)22-16/h2-3,6-9,12H,4-5,10-11H2,1H3,(H,20,26)(H,21,22,25). The summed E-state index contributed by atoms with van der Waals surface area (Å²) < 4.78 is 1.83. The summed E-state index contributed by atoms with van der Waals surface area (Å²) in [5.41, 5.74) is 0.211. The highest BCUT2D eigenvalue weighted by atomic mass is 16.2.